The summed E-state index contributed by atoms with van der Waals surface area (Å²) < 4.78 is 11.0. The fourth-order valence-corrected chi connectivity index (χ4v) is 3.59. The molecule has 5 N–H and O–H groups in total. The first-order valence-corrected chi connectivity index (χ1v) is 11.6. The second-order valence-corrected chi connectivity index (χ2v) is 9.39. The van der Waals surface area contributed by atoms with Crippen LogP contribution in [0.5, 0.6) is 5.75 Å². The van der Waals surface area contributed by atoms with Crippen LogP contribution in [0.4, 0.5) is 10.6 Å². The van der Waals surface area contributed by atoms with Crippen molar-refractivity contribution in [2.45, 2.75) is 64.8 Å². The lowest BCUT2D eigenvalue weighted by Gasteiger charge is -2.33. The predicted octanol–water partition coefficient (Wildman–Crippen LogP) is 0.911. The van der Waals surface area contributed by atoms with Gasteiger partial charge in [-0.2, -0.15) is 20.1 Å². The van der Waals surface area contributed by atoms with E-state index in [1.54, 1.807) is 55.7 Å². The van der Waals surface area contributed by atoms with Crippen LogP contribution < -0.4 is 26.7 Å². The molecule has 3 heterocycles. The van der Waals surface area contributed by atoms with Crippen LogP contribution in [0.3, 0.4) is 0 Å². The van der Waals surface area contributed by atoms with Gasteiger partial charge in [-0.05, 0) is 52.7 Å². The fourth-order valence-electron chi connectivity index (χ4n) is 3.59. The van der Waals surface area contributed by atoms with Gasteiger partial charge in [-0.15, -0.1) is 0 Å². The third-order valence-electron chi connectivity index (χ3n) is 5.33. The normalized spacial score (nSPS) is 15.5. The van der Waals surface area contributed by atoms with Gasteiger partial charge in [0.1, 0.15) is 41.8 Å². The Bertz CT molecular complexity index is 1040. The second-order valence-electron chi connectivity index (χ2n) is 9.39. The number of nitrogens with one attached hydrogen (secondary N) is 1. The van der Waals surface area contributed by atoms with Gasteiger partial charge in [0, 0.05) is 13.1 Å². The first-order valence-electron chi connectivity index (χ1n) is 11.6. The summed E-state index contributed by atoms with van der Waals surface area (Å²) in [5.74, 6) is 11.6. The van der Waals surface area contributed by atoms with Crippen molar-refractivity contribution in [3.8, 4) is 5.75 Å². The van der Waals surface area contributed by atoms with Crippen molar-refractivity contribution in [1.29, 1.82) is 0 Å². The molecule has 1 saturated heterocycles. The number of rotatable bonds is 8. The van der Waals surface area contributed by atoms with Crippen LogP contribution >= 0.6 is 0 Å². The molecule has 14 heteroatoms. The van der Waals surface area contributed by atoms with Crippen LogP contribution in [0.25, 0.3) is 0 Å². The van der Waals surface area contributed by atoms with E-state index >= 15 is 0 Å². The van der Waals surface area contributed by atoms with Crippen LogP contribution in [0.1, 0.15) is 52.3 Å². The van der Waals surface area contributed by atoms with Crippen molar-refractivity contribution >= 4 is 24.2 Å². The van der Waals surface area contributed by atoms with Crippen molar-refractivity contribution in [2.75, 3.05) is 18.1 Å². The summed E-state index contributed by atoms with van der Waals surface area (Å²) in [6, 6.07) is 2.79. The third-order valence-corrected chi connectivity index (χ3v) is 5.33. The number of hydrogen-bond acceptors (Lipinski definition) is 10. The zero-order valence-corrected chi connectivity index (χ0v) is 21.0. The number of likely N-dealkylation sites (tertiary alicyclic amines) is 1. The molecule has 0 saturated carbocycles. The number of hydrogen-bond donors (Lipinski definition) is 3. The van der Waals surface area contributed by atoms with Crippen molar-refractivity contribution in [1.82, 2.24) is 30.2 Å². The Hall–Kier alpha value is -3.94. The van der Waals surface area contributed by atoms with Crippen LogP contribution in [0, 0.1) is 0 Å². The summed E-state index contributed by atoms with van der Waals surface area (Å²) in [5, 5.41) is 16.0. The molecule has 1 fully saturated rings. The fraction of sp³-hybridized carbons (Fsp3) is 0.545. The zero-order chi connectivity index (χ0) is 26.3. The first kappa shape index (κ1) is 26.7. The number of ether oxygens (including phenoxy) is 2. The maximum absolute atomic E-state index is 12.7. The molecule has 14 nitrogen and oxygen atoms in total. The number of nitrogens with two attached hydrogens (primary N) is 2. The Balaban J connectivity index is 1.45. The smallest absolute Gasteiger partial charge is 0.408 e. The molecule has 2 aromatic heterocycles. The Morgan fingerprint density at radius 1 is 1.31 bits per heavy atom. The van der Waals surface area contributed by atoms with Crippen LogP contribution in [-0.2, 0) is 16.1 Å². The molecule has 2 amide bonds. The maximum atomic E-state index is 12.7. The summed E-state index contributed by atoms with van der Waals surface area (Å²) in [6.45, 7) is 8.29. The van der Waals surface area contributed by atoms with Gasteiger partial charge in [-0.3, -0.25) is 4.79 Å². The van der Waals surface area contributed by atoms with Gasteiger partial charge in [0.15, 0.2) is 0 Å². The van der Waals surface area contributed by atoms with Crippen LogP contribution in [0.15, 0.2) is 29.6 Å². The minimum Gasteiger partial charge on any atom is -0.486 e. The lowest BCUT2D eigenvalue weighted by molar-refractivity contribution is -0.134. The molecule has 0 radical (unpaired) electrons. The largest absolute Gasteiger partial charge is 0.486 e. The number of aromatic nitrogens is 4. The highest BCUT2D eigenvalue weighted by Crippen LogP contribution is 2.22. The Morgan fingerprint density at radius 2 is 2.03 bits per heavy atom. The van der Waals surface area contributed by atoms with E-state index in [2.05, 4.69) is 25.6 Å². The SMILES string of the molecule is CC(NC(=O)OC(C)(C)C)C(=O)N1CCC(n2ncc(COc3ccc(N(N)/C=N\N)nc3)n2)CC1. The number of amides is 2. The van der Waals surface area contributed by atoms with Crippen molar-refractivity contribution in [3.63, 3.8) is 0 Å². The molecule has 0 aliphatic carbocycles. The number of alkyl carbamates (subject to hydrolysis) is 1. The second kappa shape index (κ2) is 11.7. The van der Waals surface area contributed by atoms with Gasteiger partial charge in [0.05, 0.1) is 18.4 Å². The highest BCUT2D eigenvalue weighted by molar-refractivity contribution is 5.85. The van der Waals surface area contributed by atoms with E-state index in [1.165, 1.54) is 17.5 Å². The number of carbonyl (C=O) groups excluding carboxylic acids is 2. The van der Waals surface area contributed by atoms with Crippen molar-refractivity contribution in [3.05, 3.63) is 30.2 Å². The minimum absolute atomic E-state index is 0.0672. The molecule has 2 aromatic rings. The van der Waals surface area contributed by atoms with Gasteiger partial charge in [-0.25, -0.2) is 20.6 Å². The van der Waals surface area contributed by atoms with Crippen LogP contribution in [-0.4, -0.2) is 67.9 Å². The molecule has 1 aliphatic heterocycles. The molecular weight excluding hydrogens is 468 g/mol. The zero-order valence-electron chi connectivity index (χ0n) is 21.0. The molecule has 196 valence electrons. The molecular formula is C22H34N10O4. The molecule has 0 aromatic carbocycles. The lowest BCUT2D eigenvalue weighted by Crippen LogP contribution is -2.50. The first-order chi connectivity index (χ1) is 17.1. The Kier molecular flexibility index (Phi) is 8.64. The van der Waals surface area contributed by atoms with Crippen LogP contribution in [0.2, 0.25) is 0 Å². The number of nitrogens with zero attached hydrogens (tertiary/aromatic N) is 7. The topological polar surface area (TPSA) is 179 Å². The molecule has 0 bridgehead atoms. The van der Waals surface area contributed by atoms with Gasteiger partial charge in [0.25, 0.3) is 0 Å². The van der Waals surface area contributed by atoms with Gasteiger partial charge >= 0.3 is 6.09 Å². The molecule has 3 rings (SSSR count). The van der Waals surface area contributed by atoms with E-state index in [9.17, 15) is 9.59 Å². The standard InChI is InChI=1S/C22H34N10O4/c1-15(28-21(34)36-22(2,3)4)20(33)30-9-7-17(8-10-30)32-27-11-16(29-32)13-35-18-5-6-19(25-12-18)31(24)14-26-23/h5-6,11-12,14-15,17H,7-10,13,23-24H2,1-4H3,(H,28,34)/b26-14-. The average Bonchev–Trinajstić information content (AvgIpc) is 3.30. The summed E-state index contributed by atoms with van der Waals surface area (Å²) in [6.07, 6.45) is 5.23. The Morgan fingerprint density at radius 3 is 2.64 bits per heavy atom. The average molecular weight is 503 g/mol. The monoisotopic (exact) mass is 502 g/mol. The number of hydrazone groups is 1. The number of hydrazine groups is 1. The number of pyridine rings is 1. The lowest BCUT2D eigenvalue weighted by atomic mass is 10.0. The minimum atomic E-state index is -0.673. The highest BCUT2D eigenvalue weighted by Gasteiger charge is 2.29. The van der Waals surface area contributed by atoms with Gasteiger partial charge in [-0.1, -0.05) is 0 Å². The van der Waals surface area contributed by atoms with Gasteiger partial charge in [0.2, 0.25) is 5.91 Å². The highest BCUT2D eigenvalue weighted by atomic mass is 16.6. The Labute approximate surface area is 209 Å². The number of anilines is 1. The van der Waals surface area contributed by atoms with Crippen molar-refractivity contribution < 1.29 is 19.1 Å². The van der Waals surface area contributed by atoms with E-state index in [1.807, 2.05) is 0 Å². The van der Waals surface area contributed by atoms with Crippen molar-refractivity contribution in [2.24, 2.45) is 16.8 Å². The molecule has 1 unspecified atom stereocenters. The van der Waals surface area contributed by atoms with Gasteiger partial charge < -0.3 is 25.5 Å². The quantitative estimate of drug-likeness (QED) is 0.203. The summed E-state index contributed by atoms with van der Waals surface area (Å²) in [4.78, 5) is 32.3. The number of piperidine rings is 1. The van der Waals surface area contributed by atoms with E-state index in [0.29, 0.717) is 43.2 Å². The summed E-state index contributed by atoms with van der Waals surface area (Å²) in [7, 11) is 0. The maximum Gasteiger partial charge on any atom is 0.408 e. The predicted molar refractivity (Wildman–Crippen MR) is 132 cm³/mol. The molecule has 0 spiro atoms. The van der Waals surface area contributed by atoms with E-state index < -0.39 is 17.7 Å². The molecule has 1 atom stereocenters. The van der Waals surface area contributed by atoms with E-state index in [4.69, 9.17) is 21.2 Å². The molecule has 1 aliphatic rings. The van der Waals surface area contributed by atoms with E-state index in [-0.39, 0.29) is 18.6 Å². The summed E-state index contributed by atoms with van der Waals surface area (Å²) >= 11 is 0. The summed E-state index contributed by atoms with van der Waals surface area (Å²) in [5.41, 5.74) is 0.0449. The molecule has 36 heavy (non-hydrogen) atoms. The van der Waals surface area contributed by atoms with E-state index in [0.717, 1.165) is 0 Å². The third kappa shape index (κ3) is 7.53. The number of carbonyl (C=O) groups is 2.